The number of amides is 1. The Morgan fingerprint density at radius 3 is 2.54 bits per heavy atom. The third-order valence-electron chi connectivity index (χ3n) is 4.60. The van der Waals surface area contributed by atoms with Crippen LogP contribution in [0.15, 0.2) is 30.3 Å². The third-order valence-corrected chi connectivity index (χ3v) is 6.36. The van der Waals surface area contributed by atoms with Crippen LogP contribution in [0.3, 0.4) is 0 Å². The maximum Gasteiger partial charge on any atom is 0.274 e. The number of carbonyl (C=O) groups excluding carboxylic acids is 1. The van der Waals surface area contributed by atoms with Crippen LogP contribution in [0.25, 0.3) is 0 Å². The monoisotopic (exact) mass is 374 g/mol. The summed E-state index contributed by atoms with van der Waals surface area (Å²) in [5, 5.41) is 11.2. The van der Waals surface area contributed by atoms with Crippen LogP contribution in [-0.2, 0) is 9.84 Å². The molecule has 1 aromatic carbocycles. The van der Waals surface area contributed by atoms with E-state index in [1.807, 2.05) is 26.0 Å². The van der Waals surface area contributed by atoms with E-state index in [4.69, 9.17) is 0 Å². The molecular weight excluding hydrogens is 352 g/mol. The Morgan fingerprint density at radius 1 is 1.19 bits per heavy atom. The molecule has 0 spiro atoms. The van der Waals surface area contributed by atoms with Gasteiger partial charge in [0.1, 0.15) is 0 Å². The van der Waals surface area contributed by atoms with Gasteiger partial charge >= 0.3 is 0 Å². The zero-order valence-corrected chi connectivity index (χ0v) is 15.9. The Labute approximate surface area is 153 Å². The summed E-state index contributed by atoms with van der Waals surface area (Å²) >= 11 is 0. The highest BCUT2D eigenvalue weighted by molar-refractivity contribution is 7.91. The highest BCUT2D eigenvalue weighted by Crippen LogP contribution is 2.21. The van der Waals surface area contributed by atoms with Crippen LogP contribution in [0.1, 0.15) is 28.0 Å². The van der Waals surface area contributed by atoms with Crippen molar-refractivity contribution in [1.29, 1.82) is 0 Å². The molecule has 0 saturated carbocycles. The Kier molecular flexibility index (Phi) is 4.95. The van der Waals surface area contributed by atoms with Crippen LogP contribution >= 0.6 is 0 Å². The van der Waals surface area contributed by atoms with Crippen LogP contribution in [0.2, 0.25) is 0 Å². The normalized spacial score (nSPS) is 18.5. The first-order valence-corrected chi connectivity index (χ1v) is 10.2. The van der Waals surface area contributed by atoms with Gasteiger partial charge in [-0.2, -0.15) is 0 Å². The van der Waals surface area contributed by atoms with Gasteiger partial charge in [0.25, 0.3) is 5.91 Å². The Hall–Kier alpha value is -2.48. The smallest absolute Gasteiger partial charge is 0.274 e. The maximum absolute atomic E-state index is 12.5. The van der Waals surface area contributed by atoms with Crippen molar-refractivity contribution >= 4 is 27.2 Å². The second-order valence-electron chi connectivity index (χ2n) is 6.72. The summed E-state index contributed by atoms with van der Waals surface area (Å²) in [5.41, 5.74) is 3.39. The fourth-order valence-corrected chi connectivity index (χ4v) is 4.81. The summed E-state index contributed by atoms with van der Waals surface area (Å²) in [7, 11) is -1.44. The van der Waals surface area contributed by atoms with Gasteiger partial charge in [-0.05, 0) is 44.0 Å². The number of carbonyl (C=O) groups is 1. The Balaban J connectivity index is 1.70. The van der Waals surface area contributed by atoms with Crippen molar-refractivity contribution in [3.05, 3.63) is 47.2 Å². The molecule has 3 rings (SSSR count). The molecule has 0 aliphatic carbocycles. The predicted molar refractivity (Wildman–Crippen MR) is 100 cm³/mol. The van der Waals surface area contributed by atoms with Crippen LogP contribution in [0.5, 0.6) is 0 Å². The lowest BCUT2D eigenvalue weighted by molar-refractivity contribution is 0.0740. The molecule has 1 unspecified atom stereocenters. The largest absolute Gasteiger partial charge is 0.339 e. The lowest BCUT2D eigenvalue weighted by atomic mass is 10.1. The molecule has 8 heteroatoms. The van der Waals surface area contributed by atoms with Gasteiger partial charge in [0.2, 0.25) is 0 Å². The van der Waals surface area contributed by atoms with Crippen LogP contribution < -0.4 is 5.32 Å². The molecule has 1 aromatic heterocycles. The molecule has 2 heterocycles. The first kappa shape index (κ1) is 18.3. The summed E-state index contributed by atoms with van der Waals surface area (Å²) in [6, 6.07) is 9.03. The lowest BCUT2D eigenvalue weighted by Crippen LogP contribution is -2.38. The third kappa shape index (κ3) is 4.01. The number of benzene rings is 1. The van der Waals surface area contributed by atoms with E-state index in [0.717, 1.165) is 11.3 Å². The number of sulfone groups is 1. The number of aryl methyl sites for hydroxylation is 2. The van der Waals surface area contributed by atoms with Gasteiger partial charge in [-0.1, -0.05) is 17.7 Å². The van der Waals surface area contributed by atoms with E-state index in [1.165, 1.54) is 10.5 Å². The van der Waals surface area contributed by atoms with Gasteiger partial charge < -0.3 is 10.2 Å². The van der Waals surface area contributed by atoms with Gasteiger partial charge in [0.05, 0.1) is 11.5 Å². The zero-order chi connectivity index (χ0) is 18.9. The summed E-state index contributed by atoms with van der Waals surface area (Å²) in [6.45, 7) is 4.04. The zero-order valence-electron chi connectivity index (χ0n) is 15.1. The minimum atomic E-state index is -3.04. The molecule has 1 fully saturated rings. The van der Waals surface area contributed by atoms with E-state index < -0.39 is 9.84 Å². The van der Waals surface area contributed by atoms with E-state index in [2.05, 4.69) is 21.6 Å². The van der Waals surface area contributed by atoms with Gasteiger partial charge in [-0.15, -0.1) is 10.2 Å². The van der Waals surface area contributed by atoms with Crippen LogP contribution in [0.4, 0.5) is 11.5 Å². The fraction of sp³-hybridized carbons (Fsp3) is 0.389. The number of nitrogens with one attached hydrogen (secondary N) is 1. The van der Waals surface area contributed by atoms with Gasteiger partial charge in [0, 0.05) is 18.8 Å². The fourth-order valence-electron chi connectivity index (χ4n) is 3.03. The summed E-state index contributed by atoms with van der Waals surface area (Å²) in [5.74, 6) is 0.353. The molecule has 7 nitrogen and oxygen atoms in total. The Morgan fingerprint density at radius 2 is 1.96 bits per heavy atom. The minimum absolute atomic E-state index is 0.00894. The highest BCUT2D eigenvalue weighted by Gasteiger charge is 2.33. The molecule has 0 radical (unpaired) electrons. The number of aromatic nitrogens is 2. The van der Waals surface area contributed by atoms with E-state index in [9.17, 15) is 13.2 Å². The van der Waals surface area contributed by atoms with Crippen molar-refractivity contribution in [2.75, 3.05) is 23.9 Å². The van der Waals surface area contributed by atoms with E-state index >= 15 is 0 Å². The number of nitrogens with zero attached hydrogens (tertiary/aromatic N) is 3. The second-order valence-corrected chi connectivity index (χ2v) is 8.95. The predicted octanol–water partition coefficient (Wildman–Crippen LogP) is 2.10. The molecule has 1 saturated heterocycles. The quantitative estimate of drug-likeness (QED) is 0.881. The second kappa shape index (κ2) is 7.03. The van der Waals surface area contributed by atoms with Crippen molar-refractivity contribution in [1.82, 2.24) is 15.1 Å². The first-order chi connectivity index (χ1) is 12.2. The van der Waals surface area contributed by atoms with Crippen molar-refractivity contribution < 1.29 is 13.2 Å². The van der Waals surface area contributed by atoms with Crippen molar-refractivity contribution in [2.24, 2.45) is 0 Å². The number of hydrogen-bond acceptors (Lipinski definition) is 6. The molecule has 1 aliphatic heterocycles. The van der Waals surface area contributed by atoms with Gasteiger partial charge in [-0.3, -0.25) is 4.79 Å². The minimum Gasteiger partial charge on any atom is -0.339 e. The highest BCUT2D eigenvalue weighted by atomic mass is 32.2. The van der Waals surface area contributed by atoms with E-state index in [1.54, 1.807) is 19.2 Å². The lowest BCUT2D eigenvalue weighted by Gasteiger charge is -2.22. The molecule has 1 N–H and O–H groups in total. The SMILES string of the molecule is Cc1ccc(Nc2ccc(C(=O)N(C)C3CCS(=O)(=O)C3)nn2)c(C)c1. The number of anilines is 2. The Bertz CT molecular complexity index is 926. The van der Waals surface area contributed by atoms with Crippen LogP contribution in [-0.4, -0.2) is 54.0 Å². The summed E-state index contributed by atoms with van der Waals surface area (Å²) < 4.78 is 23.2. The topological polar surface area (TPSA) is 92.3 Å². The molecule has 26 heavy (non-hydrogen) atoms. The van der Waals surface area contributed by atoms with Gasteiger partial charge in [0.15, 0.2) is 21.3 Å². The van der Waals surface area contributed by atoms with E-state index in [-0.39, 0.29) is 29.1 Å². The molecule has 1 atom stereocenters. The average Bonchev–Trinajstić information content (AvgIpc) is 2.97. The molecular formula is C18H22N4O3S. The molecule has 0 bridgehead atoms. The van der Waals surface area contributed by atoms with Crippen molar-refractivity contribution in [3.63, 3.8) is 0 Å². The van der Waals surface area contributed by atoms with Crippen molar-refractivity contribution in [3.8, 4) is 0 Å². The standard InChI is InChI=1S/C18H22N4O3S/c1-12-4-5-15(13(2)10-12)19-17-7-6-16(20-21-17)18(23)22(3)14-8-9-26(24,25)11-14/h4-7,10,14H,8-9,11H2,1-3H3,(H,19,21). The van der Waals surface area contributed by atoms with Crippen molar-refractivity contribution in [2.45, 2.75) is 26.3 Å². The molecule has 1 aliphatic rings. The maximum atomic E-state index is 12.5. The first-order valence-electron chi connectivity index (χ1n) is 8.41. The number of rotatable bonds is 4. The van der Waals surface area contributed by atoms with E-state index in [0.29, 0.717) is 12.2 Å². The van der Waals surface area contributed by atoms with Gasteiger partial charge in [-0.25, -0.2) is 8.42 Å². The molecule has 1 amide bonds. The summed E-state index contributed by atoms with van der Waals surface area (Å²) in [4.78, 5) is 14.0. The molecule has 2 aromatic rings. The summed E-state index contributed by atoms with van der Waals surface area (Å²) in [6.07, 6.45) is 0.463. The number of hydrogen-bond donors (Lipinski definition) is 1. The van der Waals surface area contributed by atoms with Crippen LogP contribution in [0, 0.1) is 13.8 Å². The molecule has 138 valence electrons. The average molecular weight is 374 g/mol.